The number of methoxy groups -OCH3 is 1. The van der Waals surface area contributed by atoms with E-state index in [1.807, 2.05) is 6.07 Å². The van der Waals surface area contributed by atoms with E-state index in [2.05, 4.69) is 29.6 Å². The van der Waals surface area contributed by atoms with Crippen molar-refractivity contribution in [3.05, 3.63) is 41.5 Å². The van der Waals surface area contributed by atoms with Crippen LogP contribution in [-0.2, 0) is 11.2 Å². The lowest BCUT2D eigenvalue weighted by Crippen LogP contribution is -2.25. The lowest BCUT2D eigenvalue weighted by atomic mass is 9.98. The first-order valence-electron chi connectivity index (χ1n) is 6.53. The number of rotatable bonds is 3. The summed E-state index contributed by atoms with van der Waals surface area (Å²) in [5.74, 6) is 1.25. The number of amides is 1. The zero-order valence-corrected chi connectivity index (χ0v) is 11.2. The van der Waals surface area contributed by atoms with Crippen molar-refractivity contribution < 1.29 is 9.53 Å². The molecule has 3 rings (SSSR count). The topological polar surface area (TPSA) is 38.3 Å². The summed E-state index contributed by atoms with van der Waals surface area (Å²) >= 11 is 0. The van der Waals surface area contributed by atoms with E-state index in [0.717, 1.165) is 12.2 Å². The molecule has 3 heteroatoms. The summed E-state index contributed by atoms with van der Waals surface area (Å²) in [6, 6.07) is 10.5. The van der Waals surface area contributed by atoms with Gasteiger partial charge in [-0.05, 0) is 28.8 Å². The average Bonchev–Trinajstić information content (AvgIpc) is 2.78. The molecule has 2 aromatic rings. The second-order valence-corrected chi connectivity index (χ2v) is 5.03. The van der Waals surface area contributed by atoms with Crippen LogP contribution in [0.2, 0.25) is 0 Å². The Morgan fingerprint density at radius 2 is 2.21 bits per heavy atom. The van der Waals surface area contributed by atoms with Crippen molar-refractivity contribution >= 4 is 16.7 Å². The van der Waals surface area contributed by atoms with Crippen molar-refractivity contribution in [3.63, 3.8) is 0 Å². The van der Waals surface area contributed by atoms with Gasteiger partial charge in [0.25, 0.3) is 0 Å². The predicted molar refractivity (Wildman–Crippen MR) is 75.6 cm³/mol. The molecular formula is C16H17NO2. The Hall–Kier alpha value is -2.03. The van der Waals surface area contributed by atoms with Crippen LogP contribution in [0.25, 0.3) is 10.8 Å². The minimum atomic E-state index is 0.0158. The predicted octanol–water partition coefficient (Wildman–Crippen LogP) is 2.62. The maximum absolute atomic E-state index is 11.1. The molecule has 1 aliphatic carbocycles. The molecule has 0 spiro atoms. The number of benzene rings is 2. The molecule has 0 heterocycles. The average molecular weight is 255 g/mol. The van der Waals surface area contributed by atoms with Crippen LogP contribution in [0.5, 0.6) is 5.75 Å². The van der Waals surface area contributed by atoms with Crippen molar-refractivity contribution in [3.8, 4) is 5.75 Å². The molecule has 0 aliphatic heterocycles. The second kappa shape index (κ2) is 4.57. The van der Waals surface area contributed by atoms with Gasteiger partial charge in [-0.15, -0.1) is 0 Å². The molecule has 0 bridgehead atoms. The summed E-state index contributed by atoms with van der Waals surface area (Å²) < 4.78 is 5.50. The van der Waals surface area contributed by atoms with E-state index in [4.69, 9.17) is 4.74 Å². The minimum absolute atomic E-state index is 0.0158. The van der Waals surface area contributed by atoms with Crippen LogP contribution < -0.4 is 10.1 Å². The molecule has 1 N–H and O–H groups in total. The standard InChI is InChI=1S/C16H17NO2/c1-10(18)17-9-13-8-12-5-3-4-11-6-7-14(19-2)16(13)15(11)12/h3-7,13H,8-9H2,1-2H3,(H,17,18)/t13-/m1/s1. The first-order valence-corrected chi connectivity index (χ1v) is 6.53. The van der Waals surface area contributed by atoms with Gasteiger partial charge in [0.05, 0.1) is 7.11 Å². The molecule has 1 atom stereocenters. The van der Waals surface area contributed by atoms with Gasteiger partial charge in [0.1, 0.15) is 5.75 Å². The van der Waals surface area contributed by atoms with Gasteiger partial charge >= 0.3 is 0 Å². The highest BCUT2D eigenvalue weighted by atomic mass is 16.5. The molecule has 98 valence electrons. The van der Waals surface area contributed by atoms with E-state index >= 15 is 0 Å². The Labute approximate surface area is 112 Å². The zero-order chi connectivity index (χ0) is 13.4. The molecule has 1 amide bonds. The Morgan fingerprint density at radius 1 is 1.37 bits per heavy atom. The van der Waals surface area contributed by atoms with Crippen LogP contribution >= 0.6 is 0 Å². The van der Waals surface area contributed by atoms with Crippen molar-refractivity contribution in [2.75, 3.05) is 13.7 Å². The summed E-state index contributed by atoms with van der Waals surface area (Å²) in [5.41, 5.74) is 2.59. The molecule has 3 nitrogen and oxygen atoms in total. The molecule has 0 aromatic heterocycles. The highest BCUT2D eigenvalue weighted by Crippen LogP contribution is 2.43. The van der Waals surface area contributed by atoms with E-state index in [1.165, 1.54) is 21.9 Å². The molecular weight excluding hydrogens is 238 g/mol. The van der Waals surface area contributed by atoms with Crippen molar-refractivity contribution in [2.24, 2.45) is 0 Å². The van der Waals surface area contributed by atoms with Gasteiger partial charge in [0, 0.05) is 24.9 Å². The lowest BCUT2D eigenvalue weighted by molar-refractivity contribution is -0.119. The Kier molecular flexibility index (Phi) is 2.90. The first kappa shape index (κ1) is 12.0. The van der Waals surface area contributed by atoms with Crippen LogP contribution in [0.1, 0.15) is 24.0 Å². The maximum atomic E-state index is 11.1. The van der Waals surface area contributed by atoms with E-state index in [0.29, 0.717) is 12.5 Å². The van der Waals surface area contributed by atoms with Crippen molar-refractivity contribution in [1.29, 1.82) is 0 Å². The van der Waals surface area contributed by atoms with Gasteiger partial charge in [0.2, 0.25) is 5.91 Å². The largest absolute Gasteiger partial charge is 0.496 e. The van der Waals surface area contributed by atoms with Gasteiger partial charge in [-0.25, -0.2) is 0 Å². The number of nitrogens with one attached hydrogen (secondary N) is 1. The SMILES string of the molecule is COc1ccc2cccc3c2c1[C@@H](CNC(C)=O)C3. The minimum Gasteiger partial charge on any atom is -0.496 e. The number of carbonyl (C=O) groups is 1. The summed E-state index contributed by atoms with van der Waals surface area (Å²) in [6.07, 6.45) is 0.966. The fraction of sp³-hybridized carbons (Fsp3) is 0.312. The van der Waals surface area contributed by atoms with Crippen LogP contribution in [-0.4, -0.2) is 19.6 Å². The zero-order valence-electron chi connectivity index (χ0n) is 11.2. The molecule has 0 saturated heterocycles. The first-order chi connectivity index (χ1) is 9.20. The van der Waals surface area contributed by atoms with E-state index in [-0.39, 0.29) is 5.91 Å². The summed E-state index contributed by atoms with van der Waals surface area (Å²) in [5, 5.41) is 5.47. The van der Waals surface area contributed by atoms with Gasteiger partial charge in [-0.2, -0.15) is 0 Å². The molecule has 0 saturated carbocycles. The monoisotopic (exact) mass is 255 g/mol. The number of carbonyl (C=O) groups excluding carboxylic acids is 1. The van der Waals surface area contributed by atoms with Gasteiger partial charge in [-0.1, -0.05) is 24.3 Å². The number of hydrogen-bond acceptors (Lipinski definition) is 2. The quantitative estimate of drug-likeness (QED) is 0.915. The summed E-state index contributed by atoms with van der Waals surface area (Å²) in [4.78, 5) is 11.1. The van der Waals surface area contributed by atoms with Crippen LogP contribution in [0.4, 0.5) is 0 Å². The third kappa shape index (κ3) is 1.95. The molecule has 0 radical (unpaired) electrons. The Bertz CT molecular complexity index is 648. The normalized spacial score (nSPS) is 16.6. The third-order valence-corrected chi connectivity index (χ3v) is 3.82. The molecule has 2 aromatic carbocycles. The fourth-order valence-electron chi connectivity index (χ4n) is 3.03. The van der Waals surface area contributed by atoms with E-state index in [1.54, 1.807) is 14.0 Å². The van der Waals surface area contributed by atoms with E-state index < -0.39 is 0 Å². The van der Waals surface area contributed by atoms with Crippen molar-refractivity contribution in [1.82, 2.24) is 5.32 Å². The van der Waals surface area contributed by atoms with Gasteiger partial charge in [0.15, 0.2) is 0 Å². The summed E-state index contributed by atoms with van der Waals surface area (Å²) in [7, 11) is 1.70. The Morgan fingerprint density at radius 3 is 2.95 bits per heavy atom. The summed E-state index contributed by atoms with van der Waals surface area (Å²) in [6.45, 7) is 2.22. The number of hydrogen-bond donors (Lipinski definition) is 1. The molecule has 0 unspecified atom stereocenters. The Balaban J connectivity index is 2.09. The molecule has 19 heavy (non-hydrogen) atoms. The molecule has 1 aliphatic rings. The highest BCUT2D eigenvalue weighted by molar-refractivity contribution is 5.93. The lowest BCUT2D eigenvalue weighted by Gasteiger charge is -2.15. The van der Waals surface area contributed by atoms with Gasteiger partial charge in [-0.3, -0.25) is 4.79 Å². The van der Waals surface area contributed by atoms with Crippen LogP contribution in [0.15, 0.2) is 30.3 Å². The third-order valence-electron chi connectivity index (χ3n) is 3.82. The van der Waals surface area contributed by atoms with Gasteiger partial charge < -0.3 is 10.1 Å². The molecule has 0 fully saturated rings. The van der Waals surface area contributed by atoms with Crippen LogP contribution in [0.3, 0.4) is 0 Å². The van der Waals surface area contributed by atoms with Crippen LogP contribution in [0, 0.1) is 0 Å². The number of ether oxygens (including phenoxy) is 1. The fourth-order valence-corrected chi connectivity index (χ4v) is 3.03. The highest BCUT2D eigenvalue weighted by Gasteiger charge is 2.27. The maximum Gasteiger partial charge on any atom is 0.216 e. The van der Waals surface area contributed by atoms with Crippen molar-refractivity contribution in [2.45, 2.75) is 19.3 Å². The second-order valence-electron chi connectivity index (χ2n) is 5.03. The van der Waals surface area contributed by atoms with E-state index in [9.17, 15) is 4.79 Å². The smallest absolute Gasteiger partial charge is 0.216 e.